The second-order valence-electron chi connectivity index (χ2n) is 4.60. The van der Waals surface area contributed by atoms with E-state index in [1.165, 1.54) is 4.90 Å². The van der Waals surface area contributed by atoms with Crippen LogP contribution in [0.5, 0.6) is 0 Å². The molecule has 1 heterocycles. The van der Waals surface area contributed by atoms with Crippen LogP contribution in [0.3, 0.4) is 0 Å². The van der Waals surface area contributed by atoms with Gasteiger partial charge in [-0.05, 0) is 18.2 Å². The minimum atomic E-state index is -0.963. The summed E-state index contributed by atoms with van der Waals surface area (Å²) in [7, 11) is 1.55. The van der Waals surface area contributed by atoms with Crippen molar-refractivity contribution in [3.05, 3.63) is 29.3 Å². The number of aliphatic carboxylic acids is 1. The Morgan fingerprint density at radius 3 is 2.85 bits per heavy atom. The van der Waals surface area contributed by atoms with E-state index in [9.17, 15) is 9.59 Å². The number of rotatable bonds is 3. The van der Waals surface area contributed by atoms with E-state index >= 15 is 0 Å². The number of likely N-dealkylation sites (N-methyl/N-ethyl adjacent to an activating group) is 1. The highest BCUT2D eigenvalue weighted by Gasteiger charge is 2.38. The third-order valence-corrected chi connectivity index (χ3v) is 3.50. The number of benzene rings is 1. The van der Waals surface area contributed by atoms with Crippen LogP contribution in [0, 0.1) is 5.92 Å². The van der Waals surface area contributed by atoms with Crippen molar-refractivity contribution in [3.63, 3.8) is 0 Å². The number of halogens is 1. The second-order valence-corrected chi connectivity index (χ2v) is 5.04. The van der Waals surface area contributed by atoms with Gasteiger partial charge in [-0.25, -0.2) is 4.79 Å². The lowest BCUT2D eigenvalue weighted by molar-refractivity contribution is -0.142. The van der Waals surface area contributed by atoms with E-state index < -0.39 is 24.0 Å². The maximum absolute atomic E-state index is 12.1. The van der Waals surface area contributed by atoms with Gasteiger partial charge >= 0.3 is 12.0 Å². The zero-order valence-corrected chi connectivity index (χ0v) is 11.6. The molecule has 0 aliphatic carbocycles. The Hall–Kier alpha value is -1.79. The lowest BCUT2D eigenvalue weighted by Gasteiger charge is -2.26. The van der Waals surface area contributed by atoms with E-state index in [4.69, 9.17) is 21.4 Å². The number of amides is 2. The quantitative estimate of drug-likeness (QED) is 0.893. The summed E-state index contributed by atoms with van der Waals surface area (Å²) in [6.45, 7) is 0.339. The zero-order valence-electron chi connectivity index (χ0n) is 10.9. The third-order valence-electron chi connectivity index (χ3n) is 3.26. The number of carbonyl (C=O) groups is 2. The Kier molecular flexibility index (Phi) is 4.46. The van der Waals surface area contributed by atoms with E-state index in [2.05, 4.69) is 5.32 Å². The molecule has 7 heteroatoms. The monoisotopic (exact) mass is 298 g/mol. The van der Waals surface area contributed by atoms with E-state index in [1.54, 1.807) is 31.3 Å². The minimum absolute atomic E-state index is 0.120. The van der Waals surface area contributed by atoms with Gasteiger partial charge in [0.1, 0.15) is 5.92 Å². The van der Waals surface area contributed by atoms with Crippen molar-refractivity contribution in [3.8, 4) is 0 Å². The van der Waals surface area contributed by atoms with Gasteiger partial charge in [-0.2, -0.15) is 0 Å². The third kappa shape index (κ3) is 3.20. The predicted octanol–water partition coefficient (Wildman–Crippen LogP) is 1.90. The van der Waals surface area contributed by atoms with Gasteiger partial charge in [-0.1, -0.05) is 17.7 Å². The number of nitrogens with zero attached hydrogens (tertiary/aromatic N) is 1. The number of carboxylic acids is 1. The number of carboxylic acid groups (broad SMARTS) is 1. The van der Waals surface area contributed by atoms with Crippen LogP contribution in [0.2, 0.25) is 5.02 Å². The maximum atomic E-state index is 12.1. The lowest BCUT2D eigenvalue weighted by atomic mass is 10.0. The van der Waals surface area contributed by atoms with Crippen LogP contribution in [0.25, 0.3) is 0 Å². The summed E-state index contributed by atoms with van der Waals surface area (Å²) in [6, 6.07) is 5.87. The van der Waals surface area contributed by atoms with Crippen LogP contribution in [0.1, 0.15) is 0 Å². The largest absolute Gasteiger partial charge is 0.481 e. The summed E-state index contributed by atoms with van der Waals surface area (Å²) >= 11 is 5.84. The van der Waals surface area contributed by atoms with E-state index in [-0.39, 0.29) is 13.2 Å². The highest BCUT2D eigenvalue weighted by molar-refractivity contribution is 6.30. The highest BCUT2D eigenvalue weighted by Crippen LogP contribution is 2.21. The van der Waals surface area contributed by atoms with Crippen molar-refractivity contribution in [1.29, 1.82) is 0 Å². The Bertz CT molecular complexity index is 523. The molecule has 1 fully saturated rings. The standard InChI is InChI=1S/C13H15ClN2O4/c1-16(11-7-20-6-10(11)12(17)18)13(19)15-9-4-2-3-8(14)5-9/h2-5,10-11H,6-7H2,1H3,(H,15,19)(H,17,18). The number of urea groups is 1. The summed E-state index contributed by atoms with van der Waals surface area (Å²) in [4.78, 5) is 24.5. The normalized spacial score (nSPS) is 21.5. The van der Waals surface area contributed by atoms with Crippen molar-refractivity contribution in [2.24, 2.45) is 5.92 Å². The molecule has 0 spiro atoms. The highest BCUT2D eigenvalue weighted by atomic mass is 35.5. The molecule has 1 aliphatic rings. The molecule has 1 aliphatic heterocycles. The molecule has 0 aromatic heterocycles. The summed E-state index contributed by atoms with van der Waals surface area (Å²) < 4.78 is 5.15. The first-order valence-corrected chi connectivity index (χ1v) is 6.47. The molecule has 1 saturated heterocycles. The van der Waals surface area contributed by atoms with Gasteiger partial charge < -0.3 is 20.1 Å². The van der Waals surface area contributed by atoms with E-state index in [1.807, 2.05) is 0 Å². The molecular formula is C13H15ClN2O4. The van der Waals surface area contributed by atoms with Gasteiger partial charge in [-0.15, -0.1) is 0 Å². The average molecular weight is 299 g/mol. The van der Waals surface area contributed by atoms with Crippen LogP contribution in [0.4, 0.5) is 10.5 Å². The number of hydrogen-bond donors (Lipinski definition) is 2. The first-order chi connectivity index (χ1) is 9.49. The van der Waals surface area contributed by atoms with Crippen LogP contribution in [0.15, 0.2) is 24.3 Å². The number of hydrogen-bond acceptors (Lipinski definition) is 3. The number of nitrogens with one attached hydrogen (secondary N) is 1. The van der Waals surface area contributed by atoms with Gasteiger partial charge in [0.05, 0.1) is 19.3 Å². The van der Waals surface area contributed by atoms with Crippen molar-refractivity contribution in [2.75, 3.05) is 25.6 Å². The topological polar surface area (TPSA) is 78.9 Å². The Labute approximate surface area is 121 Å². The SMILES string of the molecule is CN(C(=O)Nc1cccc(Cl)c1)C1COCC1C(=O)O. The molecule has 6 nitrogen and oxygen atoms in total. The smallest absolute Gasteiger partial charge is 0.321 e. The molecule has 2 unspecified atom stereocenters. The number of ether oxygens (including phenoxy) is 1. The van der Waals surface area contributed by atoms with Gasteiger partial charge in [0.15, 0.2) is 0 Å². The molecule has 20 heavy (non-hydrogen) atoms. The summed E-state index contributed by atoms with van der Waals surface area (Å²) in [6.07, 6.45) is 0. The van der Waals surface area contributed by atoms with E-state index in [0.717, 1.165) is 0 Å². The molecule has 1 aromatic rings. The van der Waals surface area contributed by atoms with Crippen LogP contribution < -0.4 is 5.32 Å². The number of anilines is 1. The van der Waals surface area contributed by atoms with E-state index in [0.29, 0.717) is 10.7 Å². The molecule has 2 rings (SSSR count). The molecule has 0 bridgehead atoms. The molecule has 108 valence electrons. The van der Waals surface area contributed by atoms with Gasteiger partial charge in [0.2, 0.25) is 0 Å². The lowest BCUT2D eigenvalue weighted by Crippen LogP contribution is -2.45. The molecule has 2 amide bonds. The fourth-order valence-electron chi connectivity index (χ4n) is 2.09. The van der Waals surface area contributed by atoms with Crippen molar-refractivity contribution >= 4 is 29.3 Å². The van der Waals surface area contributed by atoms with Crippen LogP contribution in [-0.4, -0.2) is 48.3 Å². The molecule has 2 N–H and O–H groups in total. The first kappa shape index (κ1) is 14.6. The van der Waals surface area contributed by atoms with Crippen molar-refractivity contribution < 1.29 is 19.4 Å². The Morgan fingerprint density at radius 2 is 2.20 bits per heavy atom. The summed E-state index contributed by atoms with van der Waals surface area (Å²) in [5.74, 6) is -1.67. The predicted molar refractivity (Wildman–Crippen MR) is 74.0 cm³/mol. The van der Waals surface area contributed by atoms with Crippen molar-refractivity contribution in [2.45, 2.75) is 6.04 Å². The average Bonchev–Trinajstić information content (AvgIpc) is 2.87. The fourth-order valence-corrected chi connectivity index (χ4v) is 2.28. The minimum Gasteiger partial charge on any atom is -0.481 e. The van der Waals surface area contributed by atoms with Crippen molar-refractivity contribution in [1.82, 2.24) is 4.90 Å². The fraction of sp³-hybridized carbons (Fsp3) is 0.385. The summed E-state index contributed by atoms with van der Waals surface area (Å²) in [5, 5.41) is 12.3. The zero-order chi connectivity index (χ0) is 14.7. The Balaban J connectivity index is 2.03. The molecular weight excluding hydrogens is 284 g/mol. The summed E-state index contributed by atoms with van der Waals surface area (Å²) in [5.41, 5.74) is 0.556. The van der Waals surface area contributed by atoms with Gasteiger partial charge in [0, 0.05) is 17.8 Å². The van der Waals surface area contributed by atoms with Crippen LogP contribution >= 0.6 is 11.6 Å². The van der Waals surface area contributed by atoms with Crippen LogP contribution in [-0.2, 0) is 9.53 Å². The first-order valence-electron chi connectivity index (χ1n) is 6.09. The molecule has 0 radical (unpaired) electrons. The molecule has 1 aromatic carbocycles. The Morgan fingerprint density at radius 1 is 1.45 bits per heavy atom. The molecule has 0 saturated carbocycles. The molecule has 2 atom stereocenters. The van der Waals surface area contributed by atoms with Gasteiger partial charge in [-0.3, -0.25) is 4.79 Å². The van der Waals surface area contributed by atoms with Gasteiger partial charge in [0.25, 0.3) is 0 Å². The number of carbonyl (C=O) groups excluding carboxylic acids is 1. The maximum Gasteiger partial charge on any atom is 0.321 e. The second kappa shape index (κ2) is 6.11.